The van der Waals surface area contributed by atoms with Gasteiger partial charge in [0, 0.05) is 19.8 Å². The molecule has 1 aromatic carbocycles. The van der Waals surface area contributed by atoms with Crippen molar-refractivity contribution in [2.45, 2.75) is 32.6 Å². The average Bonchev–Trinajstić information content (AvgIpc) is 2.80. The van der Waals surface area contributed by atoms with E-state index >= 15 is 0 Å². The third-order valence-electron chi connectivity index (χ3n) is 3.89. The number of nitrogens with zero attached hydrogens (tertiary/aromatic N) is 3. The highest BCUT2D eigenvalue weighted by molar-refractivity contribution is 7.89. The zero-order valence-corrected chi connectivity index (χ0v) is 15.5. The number of hydrogen-bond acceptors (Lipinski definition) is 4. The van der Waals surface area contributed by atoms with Crippen LogP contribution in [0.4, 0.5) is 0 Å². The molecule has 132 valence electrons. The number of carbonyl (C=O) groups excluding carboxylic acids is 1. The summed E-state index contributed by atoms with van der Waals surface area (Å²) in [6.45, 7) is 5.02. The predicted molar refractivity (Wildman–Crippen MR) is 95.4 cm³/mol. The highest BCUT2D eigenvalue weighted by atomic mass is 32.2. The quantitative estimate of drug-likeness (QED) is 0.766. The number of aromatic nitrogens is 2. The SMILES string of the molecule is CC(C)CCN(C)C(=O)Cn1c(CS(C)(=O)=O)nc2ccccc21. The Labute approximate surface area is 143 Å². The van der Waals surface area contributed by atoms with E-state index in [-0.39, 0.29) is 18.2 Å². The maximum absolute atomic E-state index is 12.5. The summed E-state index contributed by atoms with van der Waals surface area (Å²) in [5.41, 5.74) is 1.48. The molecular weight excluding hydrogens is 326 g/mol. The predicted octanol–water partition coefficient (Wildman–Crippen LogP) is 2.09. The first kappa shape index (κ1) is 18.4. The first-order valence-electron chi connectivity index (χ1n) is 8.03. The second kappa shape index (κ2) is 7.34. The van der Waals surface area contributed by atoms with E-state index in [1.165, 1.54) is 6.26 Å². The number of sulfone groups is 1. The van der Waals surface area contributed by atoms with Gasteiger partial charge in [0.1, 0.15) is 18.1 Å². The molecule has 6 nitrogen and oxygen atoms in total. The molecule has 0 aliphatic rings. The molecule has 1 amide bonds. The molecule has 0 spiro atoms. The number of fused-ring (bicyclic) bond motifs is 1. The van der Waals surface area contributed by atoms with E-state index < -0.39 is 9.84 Å². The van der Waals surface area contributed by atoms with Crippen LogP contribution in [0.3, 0.4) is 0 Å². The number of rotatable bonds is 7. The molecule has 7 heteroatoms. The molecule has 0 radical (unpaired) electrons. The van der Waals surface area contributed by atoms with Gasteiger partial charge in [-0.25, -0.2) is 13.4 Å². The molecule has 0 bridgehead atoms. The summed E-state index contributed by atoms with van der Waals surface area (Å²) in [6.07, 6.45) is 2.11. The van der Waals surface area contributed by atoms with E-state index in [4.69, 9.17) is 0 Å². The highest BCUT2D eigenvalue weighted by Gasteiger charge is 2.18. The van der Waals surface area contributed by atoms with Gasteiger partial charge in [-0.1, -0.05) is 26.0 Å². The third kappa shape index (κ3) is 4.80. The molecule has 0 N–H and O–H groups in total. The second-order valence-electron chi connectivity index (χ2n) is 6.67. The largest absolute Gasteiger partial charge is 0.344 e. The summed E-state index contributed by atoms with van der Waals surface area (Å²) in [4.78, 5) is 18.6. The van der Waals surface area contributed by atoms with E-state index in [9.17, 15) is 13.2 Å². The number of hydrogen-bond donors (Lipinski definition) is 0. The van der Waals surface area contributed by atoms with Crippen LogP contribution < -0.4 is 0 Å². The molecule has 0 fully saturated rings. The van der Waals surface area contributed by atoms with Crippen molar-refractivity contribution in [2.24, 2.45) is 5.92 Å². The van der Waals surface area contributed by atoms with Crippen LogP contribution in [0.15, 0.2) is 24.3 Å². The van der Waals surface area contributed by atoms with E-state index in [1.807, 2.05) is 24.3 Å². The minimum Gasteiger partial charge on any atom is -0.344 e. The van der Waals surface area contributed by atoms with Crippen LogP contribution in [0.5, 0.6) is 0 Å². The molecule has 0 aliphatic carbocycles. The van der Waals surface area contributed by atoms with Gasteiger partial charge in [0.15, 0.2) is 9.84 Å². The Morgan fingerprint density at radius 2 is 1.96 bits per heavy atom. The van der Waals surface area contributed by atoms with Gasteiger partial charge in [0.2, 0.25) is 5.91 Å². The summed E-state index contributed by atoms with van der Waals surface area (Å²) in [5.74, 6) is 0.706. The Bertz CT molecular complexity index is 825. The first-order chi connectivity index (χ1) is 11.2. The van der Waals surface area contributed by atoms with Gasteiger partial charge in [-0.3, -0.25) is 4.79 Å². The molecular formula is C17H25N3O3S. The van der Waals surface area contributed by atoms with Crippen molar-refractivity contribution in [1.82, 2.24) is 14.5 Å². The zero-order chi connectivity index (χ0) is 17.9. The molecule has 2 aromatic rings. The molecule has 0 saturated heterocycles. The fraction of sp³-hybridized carbons (Fsp3) is 0.529. The van der Waals surface area contributed by atoms with Crippen molar-refractivity contribution < 1.29 is 13.2 Å². The van der Waals surface area contributed by atoms with Gasteiger partial charge in [0.05, 0.1) is 11.0 Å². The molecule has 0 saturated carbocycles. The van der Waals surface area contributed by atoms with Crippen LogP contribution >= 0.6 is 0 Å². The summed E-state index contributed by atoms with van der Waals surface area (Å²) >= 11 is 0. The number of carbonyl (C=O) groups is 1. The van der Waals surface area contributed by atoms with Crippen molar-refractivity contribution in [1.29, 1.82) is 0 Å². The fourth-order valence-corrected chi connectivity index (χ4v) is 3.17. The molecule has 1 heterocycles. The van der Waals surface area contributed by atoms with E-state index in [1.54, 1.807) is 16.5 Å². The lowest BCUT2D eigenvalue weighted by Gasteiger charge is -2.19. The Hall–Kier alpha value is -1.89. The summed E-state index contributed by atoms with van der Waals surface area (Å²) in [6, 6.07) is 7.39. The smallest absolute Gasteiger partial charge is 0.242 e. The topological polar surface area (TPSA) is 72.3 Å². The van der Waals surface area contributed by atoms with E-state index in [0.717, 1.165) is 11.9 Å². The Balaban J connectivity index is 2.29. The highest BCUT2D eigenvalue weighted by Crippen LogP contribution is 2.18. The molecule has 0 aliphatic heterocycles. The van der Waals surface area contributed by atoms with Crippen molar-refractivity contribution in [3.05, 3.63) is 30.1 Å². The number of amides is 1. The zero-order valence-electron chi connectivity index (χ0n) is 14.7. The normalized spacial score (nSPS) is 12.0. The number of imidazole rings is 1. The monoisotopic (exact) mass is 351 g/mol. The Kier molecular flexibility index (Phi) is 5.64. The Morgan fingerprint density at radius 3 is 2.58 bits per heavy atom. The van der Waals surface area contributed by atoms with E-state index in [0.29, 0.717) is 23.8 Å². The number of para-hydroxylation sites is 2. The van der Waals surface area contributed by atoms with Crippen molar-refractivity contribution >= 4 is 26.8 Å². The number of likely N-dealkylation sites (N-methyl/N-ethyl adjacent to an activating group) is 1. The van der Waals surface area contributed by atoms with Crippen molar-refractivity contribution in [3.8, 4) is 0 Å². The molecule has 1 aromatic heterocycles. The van der Waals surface area contributed by atoms with Crippen LogP contribution in [0.2, 0.25) is 0 Å². The molecule has 0 unspecified atom stereocenters. The minimum atomic E-state index is -3.23. The van der Waals surface area contributed by atoms with Crippen LogP contribution in [-0.2, 0) is 26.9 Å². The maximum Gasteiger partial charge on any atom is 0.242 e. The maximum atomic E-state index is 12.5. The van der Waals surface area contributed by atoms with Crippen molar-refractivity contribution in [3.63, 3.8) is 0 Å². The lowest BCUT2D eigenvalue weighted by Crippen LogP contribution is -2.32. The van der Waals surface area contributed by atoms with Crippen molar-refractivity contribution in [2.75, 3.05) is 19.8 Å². The molecule has 24 heavy (non-hydrogen) atoms. The molecule has 0 atom stereocenters. The van der Waals surface area contributed by atoms with Gasteiger partial charge >= 0.3 is 0 Å². The summed E-state index contributed by atoms with van der Waals surface area (Å²) in [5, 5.41) is 0. The fourth-order valence-electron chi connectivity index (χ4n) is 2.48. The lowest BCUT2D eigenvalue weighted by molar-refractivity contribution is -0.130. The average molecular weight is 351 g/mol. The van der Waals surface area contributed by atoms with Gasteiger partial charge in [0.25, 0.3) is 0 Å². The number of benzene rings is 1. The lowest BCUT2D eigenvalue weighted by atomic mass is 10.1. The van der Waals surface area contributed by atoms with Crippen LogP contribution in [0, 0.1) is 5.92 Å². The van der Waals surface area contributed by atoms with Gasteiger partial charge in [-0.2, -0.15) is 0 Å². The first-order valence-corrected chi connectivity index (χ1v) is 10.1. The third-order valence-corrected chi connectivity index (χ3v) is 4.67. The summed E-state index contributed by atoms with van der Waals surface area (Å²) in [7, 11) is -1.46. The minimum absolute atomic E-state index is 0.0476. The van der Waals surface area contributed by atoms with Gasteiger partial charge in [-0.15, -0.1) is 0 Å². The van der Waals surface area contributed by atoms with Crippen LogP contribution in [0.25, 0.3) is 11.0 Å². The van der Waals surface area contributed by atoms with E-state index in [2.05, 4.69) is 18.8 Å². The van der Waals surface area contributed by atoms with Crippen LogP contribution in [0.1, 0.15) is 26.1 Å². The van der Waals surface area contributed by atoms with Gasteiger partial charge in [-0.05, 0) is 24.5 Å². The van der Waals surface area contributed by atoms with Crippen LogP contribution in [-0.4, -0.2) is 48.6 Å². The Morgan fingerprint density at radius 1 is 1.29 bits per heavy atom. The standard InChI is InChI=1S/C17H25N3O3S/c1-13(2)9-10-19(3)17(21)11-20-15-8-6-5-7-14(15)18-16(20)12-24(4,22)23/h5-8,13H,9-12H2,1-4H3. The second-order valence-corrected chi connectivity index (χ2v) is 8.81. The summed E-state index contributed by atoms with van der Waals surface area (Å²) < 4.78 is 25.1. The van der Waals surface area contributed by atoms with Gasteiger partial charge < -0.3 is 9.47 Å². The molecule has 2 rings (SSSR count).